The highest BCUT2D eigenvalue weighted by atomic mass is 16.5. The number of hydrogen-bond acceptors (Lipinski definition) is 3. The Hall–Kier alpha value is -1.10. The van der Waals surface area contributed by atoms with Crippen LogP contribution in [-0.2, 0) is 14.3 Å². The molecule has 3 unspecified atom stereocenters. The molecule has 0 saturated carbocycles. The Labute approximate surface area is 108 Å². The van der Waals surface area contributed by atoms with E-state index in [4.69, 9.17) is 4.74 Å². The maximum absolute atomic E-state index is 12.2. The summed E-state index contributed by atoms with van der Waals surface area (Å²) < 4.78 is 5.43. The maximum atomic E-state index is 12.2. The van der Waals surface area contributed by atoms with E-state index < -0.39 is 28.7 Å². The SMILES string of the molecule is CC1OCCC1(C)NC(=O)C(C(=O)O)C(C)(C)C. The molecule has 1 amide bonds. The lowest BCUT2D eigenvalue weighted by atomic mass is 9.79. The molecule has 5 nitrogen and oxygen atoms in total. The Morgan fingerprint density at radius 3 is 2.33 bits per heavy atom. The predicted molar refractivity (Wildman–Crippen MR) is 67.2 cm³/mol. The van der Waals surface area contributed by atoms with Gasteiger partial charge in [0.05, 0.1) is 11.6 Å². The number of rotatable bonds is 3. The van der Waals surface area contributed by atoms with Crippen molar-refractivity contribution in [2.45, 2.75) is 52.7 Å². The van der Waals surface area contributed by atoms with Gasteiger partial charge in [0.2, 0.25) is 5.91 Å². The molecule has 1 fully saturated rings. The quantitative estimate of drug-likeness (QED) is 0.750. The van der Waals surface area contributed by atoms with Crippen LogP contribution in [0.3, 0.4) is 0 Å². The van der Waals surface area contributed by atoms with Gasteiger partial charge in [0.25, 0.3) is 0 Å². The van der Waals surface area contributed by atoms with Gasteiger partial charge in [0.1, 0.15) is 5.92 Å². The fraction of sp³-hybridized carbons (Fsp3) is 0.846. The van der Waals surface area contributed by atoms with Crippen LogP contribution in [0.25, 0.3) is 0 Å². The number of hydrogen-bond donors (Lipinski definition) is 2. The summed E-state index contributed by atoms with van der Waals surface area (Å²) in [4.78, 5) is 23.4. The first-order valence-electron chi connectivity index (χ1n) is 6.24. The largest absolute Gasteiger partial charge is 0.481 e. The summed E-state index contributed by atoms with van der Waals surface area (Å²) in [7, 11) is 0. The van der Waals surface area contributed by atoms with Crippen molar-refractivity contribution in [1.82, 2.24) is 5.32 Å². The Kier molecular flexibility index (Phi) is 4.05. The van der Waals surface area contributed by atoms with Gasteiger partial charge in [-0.2, -0.15) is 0 Å². The van der Waals surface area contributed by atoms with E-state index in [0.717, 1.165) is 0 Å². The molecule has 5 heteroatoms. The van der Waals surface area contributed by atoms with Crippen molar-refractivity contribution in [3.05, 3.63) is 0 Å². The minimum Gasteiger partial charge on any atom is -0.481 e. The van der Waals surface area contributed by atoms with Crippen molar-refractivity contribution in [3.8, 4) is 0 Å². The van der Waals surface area contributed by atoms with E-state index in [1.54, 1.807) is 20.8 Å². The van der Waals surface area contributed by atoms with Crippen LogP contribution in [0.4, 0.5) is 0 Å². The summed E-state index contributed by atoms with van der Waals surface area (Å²) in [5, 5.41) is 12.1. The van der Waals surface area contributed by atoms with Crippen molar-refractivity contribution in [1.29, 1.82) is 0 Å². The summed E-state index contributed by atoms with van der Waals surface area (Å²) in [6, 6.07) is 0. The minimum absolute atomic E-state index is 0.101. The highest BCUT2D eigenvalue weighted by Crippen LogP contribution is 2.30. The van der Waals surface area contributed by atoms with E-state index in [-0.39, 0.29) is 6.10 Å². The lowest BCUT2D eigenvalue weighted by molar-refractivity contribution is -0.152. The summed E-state index contributed by atoms with van der Waals surface area (Å²) in [6.07, 6.45) is 0.604. The molecule has 1 rings (SSSR count). The zero-order valence-corrected chi connectivity index (χ0v) is 11.7. The van der Waals surface area contributed by atoms with Crippen LogP contribution in [0.15, 0.2) is 0 Å². The predicted octanol–water partition coefficient (Wildman–Crippen LogP) is 1.42. The molecule has 0 aliphatic carbocycles. The first-order valence-corrected chi connectivity index (χ1v) is 6.24. The van der Waals surface area contributed by atoms with Crippen LogP contribution in [0.2, 0.25) is 0 Å². The van der Waals surface area contributed by atoms with Gasteiger partial charge in [-0.3, -0.25) is 9.59 Å². The van der Waals surface area contributed by atoms with Gasteiger partial charge in [-0.15, -0.1) is 0 Å². The van der Waals surface area contributed by atoms with Crippen LogP contribution in [0.1, 0.15) is 41.0 Å². The van der Waals surface area contributed by atoms with Crippen molar-refractivity contribution < 1.29 is 19.4 Å². The van der Waals surface area contributed by atoms with E-state index in [1.165, 1.54) is 0 Å². The molecule has 0 radical (unpaired) electrons. The average Bonchev–Trinajstić information content (AvgIpc) is 2.42. The standard InChI is InChI=1S/C13H23NO4/c1-8-13(5,6-7-18-8)14-10(15)9(11(16)17)12(2,3)4/h8-9H,6-7H2,1-5H3,(H,14,15)(H,16,17). The third kappa shape index (κ3) is 3.02. The number of aliphatic carboxylic acids is 1. The molecule has 2 N–H and O–H groups in total. The van der Waals surface area contributed by atoms with E-state index >= 15 is 0 Å². The van der Waals surface area contributed by atoms with E-state index in [2.05, 4.69) is 5.32 Å². The highest BCUT2D eigenvalue weighted by Gasteiger charge is 2.44. The van der Waals surface area contributed by atoms with Crippen molar-refractivity contribution in [2.75, 3.05) is 6.61 Å². The lowest BCUT2D eigenvalue weighted by Gasteiger charge is -2.33. The summed E-state index contributed by atoms with van der Waals surface area (Å²) >= 11 is 0. The molecule has 1 aliphatic rings. The number of carbonyl (C=O) groups is 2. The van der Waals surface area contributed by atoms with Gasteiger partial charge in [-0.05, 0) is 25.7 Å². The Morgan fingerprint density at radius 2 is 2.00 bits per heavy atom. The first kappa shape index (κ1) is 15.0. The van der Waals surface area contributed by atoms with Gasteiger partial charge in [-0.1, -0.05) is 20.8 Å². The smallest absolute Gasteiger partial charge is 0.316 e. The Balaban J connectivity index is 2.83. The highest BCUT2D eigenvalue weighted by molar-refractivity contribution is 5.98. The van der Waals surface area contributed by atoms with Crippen molar-refractivity contribution in [3.63, 3.8) is 0 Å². The molecule has 1 saturated heterocycles. The molecule has 3 atom stereocenters. The van der Waals surface area contributed by atoms with Gasteiger partial charge in [0, 0.05) is 6.61 Å². The van der Waals surface area contributed by atoms with Crippen LogP contribution in [-0.4, -0.2) is 35.2 Å². The molecule has 104 valence electrons. The Bertz CT molecular complexity index is 347. The van der Waals surface area contributed by atoms with Gasteiger partial charge >= 0.3 is 5.97 Å². The zero-order valence-electron chi connectivity index (χ0n) is 11.7. The van der Waals surface area contributed by atoms with E-state index in [1.807, 2.05) is 13.8 Å². The number of amides is 1. The molecule has 0 bridgehead atoms. The fourth-order valence-electron chi connectivity index (χ4n) is 2.23. The second kappa shape index (κ2) is 4.88. The molecule has 1 heterocycles. The lowest BCUT2D eigenvalue weighted by Crippen LogP contribution is -2.55. The van der Waals surface area contributed by atoms with Gasteiger partial charge in [-0.25, -0.2) is 0 Å². The zero-order chi connectivity index (χ0) is 14.1. The van der Waals surface area contributed by atoms with Crippen LogP contribution < -0.4 is 5.32 Å². The number of carboxylic acid groups (broad SMARTS) is 1. The minimum atomic E-state index is -1.09. The molecule has 0 aromatic heterocycles. The first-order chi connectivity index (χ1) is 8.08. The second-order valence-electron chi connectivity index (χ2n) is 6.31. The monoisotopic (exact) mass is 257 g/mol. The number of nitrogens with one attached hydrogen (secondary N) is 1. The average molecular weight is 257 g/mol. The van der Waals surface area contributed by atoms with E-state index in [0.29, 0.717) is 13.0 Å². The van der Waals surface area contributed by atoms with Gasteiger partial charge in [0.15, 0.2) is 0 Å². The molecular formula is C13H23NO4. The van der Waals surface area contributed by atoms with Gasteiger partial charge < -0.3 is 15.2 Å². The molecular weight excluding hydrogens is 234 g/mol. The fourth-order valence-corrected chi connectivity index (χ4v) is 2.23. The normalized spacial score (nSPS) is 29.9. The third-order valence-electron chi connectivity index (χ3n) is 3.67. The van der Waals surface area contributed by atoms with Crippen molar-refractivity contribution >= 4 is 11.9 Å². The molecule has 0 aromatic carbocycles. The van der Waals surface area contributed by atoms with Crippen molar-refractivity contribution in [2.24, 2.45) is 11.3 Å². The molecule has 1 aliphatic heterocycles. The molecule has 0 aromatic rings. The second-order valence-corrected chi connectivity index (χ2v) is 6.31. The number of carboxylic acids is 1. The maximum Gasteiger partial charge on any atom is 0.316 e. The summed E-state index contributed by atoms with van der Waals surface area (Å²) in [5.41, 5.74) is -1.09. The number of ether oxygens (including phenoxy) is 1. The number of carbonyl (C=O) groups excluding carboxylic acids is 1. The Morgan fingerprint density at radius 1 is 1.44 bits per heavy atom. The topological polar surface area (TPSA) is 75.6 Å². The van der Waals surface area contributed by atoms with Crippen LogP contribution in [0.5, 0.6) is 0 Å². The molecule has 0 spiro atoms. The van der Waals surface area contributed by atoms with Crippen LogP contribution in [0, 0.1) is 11.3 Å². The summed E-state index contributed by atoms with van der Waals surface area (Å²) in [5.74, 6) is -2.58. The summed E-state index contributed by atoms with van der Waals surface area (Å²) in [6.45, 7) is 9.63. The third-order valence-corrected chi connectivity index (χ3v) is 3.67. The molecule has 18 heavy (non-hydrogen) atoms. The van der Waals surface area contributed by atoms with E-state index in [9.17, 15) is 14.7 Å². The van der Waals surface area contributed by atoms with Crippen LogP contribution >= 0.6 is 0 Å².